The molecule has 1 atom stereocenters. The predicted molar refractivity (Wildman–Crippen MR) is 65.1 cm³/mol. The third-order valence-corrected chi connectivity index (χ3v) is 3.93. The first-order chi connectivity index (χ1) is 8.27. The lowest BCUT2D eigenvalue weighted by molar-refractivity contribution is -0.385. The van der Waals surface area contributed by atoms with E-state index in [1.807, 2.05) is 6.07 Å². The summed E-state index contributed by atoms with van der Waals surface area (Å²) in [6.45, 7) is 1.07. The molecule has 3 rings (SSSR count). The molecule has 0 unspecified atom stereocenters. The quantitative estimate of drug-likeness (QED) is 0.629. The third kappa shape index (κ3) is 1.72. The van der Waals surface area contributed by atoms with Gasteiger partial charge in [-0.2, -0.15) is 0 Å². The maximum Gasteiger partial charge on any atom is 0.272 e. The molecule has 1 aromatic carbocycles. The fraction of sp³-hybridized carbons (Fsp3) is 0.538. The molecule has 4 nitrogen and oxygen atoms in total. The van der Waals surface area contributed by atoms with Crippen molar-refractivity contribution in [2.24, 2.45) is 0 Å². The van der Waals surface area contributed by atoms with Gasteiger partial charge in [-0.1, -0.05) is 6.07 Å². The molecule has 0 spiro atoms. The summed E-state index contributed by atoms with van der Waals surface area (Å²) in [5.41, 5.74) is 3.86. The maximum absolute atomic E-state index is 11.0. The van der Waals surface area contributed by atoms with Crippen molar-refractivity contribution < 1.29 is 4.92 Å². The van der Waals surface area contributed by atoms with E-state index >= 15 is 0 Å². The van der Waals surface area contributed by atoms with E-state index in [2.05, 4.69) is 5.32 Å². The van der Waals surface area contributed by atoms with E-state index < -0.39 is 0 Å². The molecular formula is C13H16N2O2. The molecule has 0 amide bonds. The lowest BCUT2D eigenvalue weighted by atomic mass is 9.95. The number of benzene rings is 1. The van der Waals surface area contributed by atoms with E-state index in [1.54, 1.807) is 6.07 Å². The van der Waals surface area contributed by atoms with Crippen LogP contribution in [0.1, 0.15) is 42.0 Å². The van der Waals surface area contributed by atoms with Crippen LogP contribution >= 0.6 is 0 Å². The summed E-state index contributed by atoms with van der Waals surface area (Å²) in [7, 11) is 0. The second-order valence-electron chi connectivity index (χ2n) is 4.89. The molecule has 0 radical (unpaired) electrons. The van der Waals surface area contributed by atoms with E-state index in [4.69, 9.17) is 0 Å². The highest BCUT2D eigenvalue weighted by Gasteiger charge is 2.28. The number of rotatable bonds is 2. The van der Waals surface area contributed by atoms with Gasteiger partial charge < -0.3 is 5.32 Å². The van der Waals surface area contributed by atoms with Crippen molar-refractivity contribution in [1.82, 2.24) is 5.32 Å². The zero-order chi connectivity index (χ0) is 11.8. The molecule has 2 aliphatic rings. The van der Waals surface area contributed by atoms with Gasteiger partial charge in [0.1, 0.15) is 0 Å². The monoisotopic (exact) mass is 232 g/mol. The Bertz CT molecular complexity index is 465. The number of nitrogens with one attached hydrogen (secondary N) is 1. The maximum atomic E-state index is 11.0. The molecule has 1 saturated heterocycles. The van der Waals surface area contributed by atoms with Crippen LogP contribution in [0.4, 0.5) is 5.69 Å². The summed E-state index contributed by atoms with van der Waals surface area (Å²) in [5, 5.41) is 14.5. The van der Waals surface area contributed by atoms with Crippen LogP contribution in [0.5, 0.6) is 0 Å². The zero-order valence-corrected chi connectivity index (χ0v) is 9.74. The molecule has 1 aliphatic heterocycles. The fourth-order valence-electron chi connectivity index (χ4n) is 3.16. The highest BCUT2D eigenvalue weighted by atomic mass is 16.6. The molecule has 90 valence electrons. The summed E-state index contributed by atoms with van der Waals surface area (Å²) >= 11 is 0. The summed E-state index contributed by atoms with van der Waals surface area (Å²) in [6, 6.07) is 4.08. The van der Waals surface area contributed by atoms with Crippen molar-refractivity contribution in [3.05, 3.63) is 38.9 Å². The van der Waals surface area contributed by atoms with Crippen molar-refractivity contribution in [3.8, 4) is 0 Å². The van der Waals surface area contributed by atoms with Crippen molar-refractivity contribution in [2.75, 3.05) is 6.54 Å². The molecule has 1 aliphatic carbocycles. The molecule has 0 aromatic heterocycles. The molecular weight excluding hydrogens is 216 g/mol. The number of hydrogen-bond acceptors (Lipinski definition) is 3. The van der Waals surface area contributed by atoms with Crippen molar-refractivity contribution in [2.45, 2.75) is 38.1 Å². The minimum Gasteiger partial charge on any atom is -0.310 e. The Balaban J connectivity index is 2.07. The Morgan fingerprint density at radius 2 is 2.06 bits per heavy atom. The second-order valence-corrected chi connectivity index (χ2v) is 4.89. The summed E-state index contributed by atoms with van der Waals surface area (Å²) in [4.78, 5) is 10.7. The molecule has 17 heavy (non-hydrogen) atoms. The molecule has 1 heterocycles. The largest absolute Gasteiger partial charge is 0.310 e. The first-order valence-electron chi connectivity index (χ1n) is 6.30. The minimum atomic E-state index is -0.240. The predicted octanol–water partition coefficient (Wildman–Crippen LogP) is 2.51. The molecule has 0 bridgehead atoms. The van der Waals surface area contributed by atoms with E-state index in [0.29, 0.717) is 11.7 Å². The number of nitro benzene ring substituents is 1. The molecule has 1 N–H and O–H groups in total. The SMILES string of the molecule is O=[N+]([O-])c1ccc([C@@H]2CCCN2)c2c1CCC2. The average molecular weight is 232 g/mol. The van der Waals surface area contributed by atoms with Crippen LogP contribution in [-0.4, -0.2) is 11.5 Å². The smallest absolute Gasteiger partial charge is 0.272 e. The van der Waals surface area contributed by atoms with Crippen molar-refractivity contribution in [3.63, 3.8) is 0 Å². The minimum absolute atomic E-state index is 0.240. The third-order valence-electron chi connectivity index (χ3n) is 3.93. The highest BCUT2D eigenvalue weighted by molar-refractivity contribution is 5.52. The Hall–Kier alpha value is -1.42. The Morgan fingerprint density at radius 1 is 1.24 bits per heavy atom. The van der Waals surface area contributed by atoms with E-state index in [9.17, 15) is 10.1 Å². The van der Waals surface area contributed by atoms with Gasteiger partial charge in [-0.15, -0.1) is 0 Å². The summed E-state index contributed by atoms with van der Waals surface area (Å²) < 4.78 is 0. The number of hydrogen-bond donors (Lipinski definition) is 1. The van der Waals surface area contributed by atoms with E-state index in [-0.39, 0.29) is 4.92 Å². The normalized spacial score (nSPS) is 22.7. The number of nitrogens with zero attached hydrogens (tertiary/aromatic N) is 1. The topological polar surface area (TPSA) is 55.2 Å². The van der Waals surface area contributed by atoms with E-state index in [1.165, 1.54) is 17.5 Å². The average Bonchev–Trinajstić information content (AvgIpc) is 2.98. The summed E-state index contributed by atoms with van der Waals surface area (Å²) in [6.07, 6.45) is 5.29. The zero-order valence-electron chi connectivity index (χ0n) is 9.74. The van der Waals surface area contributed by atoms with Crippen LogP contribution in [0, 0.1) is 10.1 Å². The van der Waals surface area contributed by atoms with Gasteiger partial charge in [-0.05, 0) is 49.8 Å². The van der Waals surface area contributed by atoms with Gasteiger partial charge in [0.25, 0.3) is 5.69 Å². The van der Waals surface area contributed by atoms with Crippen molar-refractivity contribution >= 4 is 5.69 Å². The Labute approximate surface area is 100 Å². The summed E-state index contributed by atoms with van der Waals surface area (Å²) in [5.74, 6) is 0. The lowest BCUT2D eigenvalue weighted by Crippen LogP contribution is -2.15. The second kappa shape index (κ2) is 4.11. The van der Waals surface area contributed by atoms with Gasteiger partial charge in [0.2, 0.25) is 0 Å². The number of nitro groups is 1. The molecule has 0 saturated carbocycles. The first-order valence-corrected chi connectivity index (χ1v) is 6.30. The van der Waals surface area contributed by atoms with Crippen LogP contribution in [0.25, 0.3) is 0 Å². The Morgan fingerprint density at radius 3 is 2.76 bits per heavy atom. The molecule has 4 heteroatoms. The van der Waals surface area contributed by atoms with Gasteiger partial charge in [0.15, 0.2) is 0 Å². The van der Waals surface area contributed by atoms with Crippen LogP contribution in [0.3, 0.4) is 0 Å². The fourth-order valence-corrected chi connectivity index (χ4v) is 3.16. The van der Waals surface area contributed by atoms with E-state index in [0.717, 1.165) is 37.8 Å². The Kier molecular flexibility index (Phi) is 2.59. The van der Waals surface area contributed by atoms with Crippen LogP contribution < -0.4 is 5.32 Å². The van der Waals surface area contributed by atoms with Gasteiger partial charge in [0.05, 0.1) is 4.92 Å². The van der Waals surface area contributed by atoms with Gasteiger partial charge in [0, 0.05) is 17.7 Å². The van der Waals surface area contributed by atoms with Crippen LogP contribution in [0.15, 0.2) is 12.1 Å². The first kappa shape index (κ1) is 10.7. The van der Waals surface area contributed by atoms with Crippen LogP contribution in [-0.2, 0) is 12.8 Å². The molecule has 1 aromatic rings. The van der Waals surface area contributed by atoms with Crippen LogP contribution in [0.2, 0.25) is 0 Å². The lowest BCUT2D eigenvalue weighted by Gasteiger charge is -2.15. The number of fused-ring (bicyclic) bond motifs is 1. The molecule has 1 fully saturated rings. The van der Waals surface area contributed by atoms with Crippen molar-refractivity contribution in [1.29, 1.82) is 0 Å². The van der Waals surface area contributed by atoms with Gasteiger partial charge in [-0.3, -0.25) is 10.1 Å². The van der Waals surface area contributed by atoms with Gasteiger partial charge in [-0.25, -0.2) is 0 Å². The standard InChI is InChI=1S/C13H16N2O2/c16-15(17)13-7-6-10(12-5-2-8-14-12)9-3-1-4-11(9)13/h6-7,12,14H,1-5,8H2/t12-/m0/s1. The van der Waals surface area contributed by atoms with Gasteiger partial charge >= 0.3 is 0 Å². The highest BCUT2D eigenvalue weighted by Crippen LogP contribution is 2.37.